The molecular weight excluding hydrogens is 629 g/mol. The van der Waals surface area contributed by atoms with Crippen molar-refractivity contribution in [1.82, 2.24) is 0 Å². The van der Waals surface area contributed by atoms with Crippen LogP contribution in [0.1, 0.15) is 41.5 Å². The highest BCUT2D eigenvalue weighted by molar-refractivity contribution is 6.71. The quantitative estimate of drug-likeness (QED) is 0.0519. The Balaban J connectivity index is -0.000000167. The van der Waals surface area contributed by atoms with Crippen LogP contribution in [0.4, 0.5) is 0 Å². The summed E-state index contributed by atoms with van der Waals surface area (Å²) >= 11 is 0. The number of rotatable bonds is 23. The van der Waals surface area contributed by atoms with E-state index in [0.717, 1.165) is 44.8 Å². The summed E-state index contributed by atoms with van der Waals surface area (Å²) in [6.45, 7) is 11.0. The van der Waals surface area contributed by atoms with Gasteiger partial charge in [-0.05, 0) is 63.6 Å². The molecule has 1 rings (SSSR count). The average molecular weight is 701 g/mol. The van der Waals surface area contributed by atoms with Gasteiger partial charge in [-0.2, -0.15) is 0 Å². The SMILES string of the molecule is C.C.C.CO[Si](C)(C)CCCOCC(O)CO.CO[Si](C)(CCCOCC1CO1)OC.C[Si](O)(O)CCCOCC(O)CO. The molecule has 0 amide bonds. The molecule has 3 unspecified atom stereocenters. The van der Waals surface area contributed by atoms with Gasteiger partial charge in [0, 0.05) is 41.2 Å². The van der Waals surface area contributed by atoms with Gasteiger partial charge in [-0.15, -0.1) is 0 Å². The van der Waals surface area contributed by atoms with E-state index in [1.807, 2.05) is 0 Å². The minimum absolute atomic E-state index is 0. The van der Waals surface area contributed by atoms with E-state index in [-0.39, 0.29) is 48.7 Å². The minimum Gasteiger partial charge on any atom is -0.420 e. The van der Waals surface area contributed by atoms with E-state index in [2.05, 4.69) is 19.6 Å². The van der Waals surface area contributed by atoms with Gasteiger partial charge in [0.2, 0.25) is 0 Å². The zero-order chi connectivity index (χ0) is 31.8. The van der Waals surface area contributed by atoms with Crippen molar-refractivity contribution in [3.8, 4) is 0 Å². The van der Waals surface area contributed by atoms with Crippen LogP contribution in [0, 0.1) is 0 Å². The van der Waals surface area contributed by atoms with Gasteiger partial charge in [0.1, 0.15) is 18.3 Å². The Morgan fingerprint density at radius 2 is 1.09 bits per heavy atom. The monoisotopic (exact) mass is 700 g/mol. The van der Waals surface area contributed by atoms with Gasteiger partial charge in [0.15, 0.2) is 8.32 Å². The summed E-state index contributed by atoms with van der Waals surface area (Å²) in [5.41, 5.74) is 0. The van der Waals surface area contributed by atoms with Crippen molar-refractivity contribution in [3.05, 3.63) is 0 Å². The second-order valence-electron chi connectivity index (χ2n) is 10.9. The molecule has 0 bridgehead atoms. The maximum absolute atomic E-state index is 9.02. The summed E-state index contributed by atoms with van der Waals surface area (Å²) in [5.74, 6) is 0. The number of hydrogen-bond donors (Lipinski definition) is 6. The fourth-order valence-electron chi connectivity index (χ4n) is 2.92. The molecule has 0 radical (unpaired) electrons. The van der Waals surface area contributed by atoms with E-state index in [4.69, 9.17) is 62.2 Å². The third-order valence-electron chi connectivity index (χ3n) is 6.09. The fraction of sp³-hybridized carbons (Fsp3) is 1.00. The lowest BCUT2D eigenvalue weighted by Gasteiger charge is -2.22. The smallest absolute Gasteiger partial charge is 0.334 e. The first kappa shape index (κ1) is 53.6. The van der Waals surface area contributed by atoms with Gasteiger partial charge in [0.05, 0.1) is 39.6 Å². The van der Waals surface area contributed by atoms with Gasteiger partial charge in [0.25, 0.3) is 0 Å². The molecule has 0 aromatic carbocycles. The number of aliphatic hydroxyl groups excluding tert-OH is 4. The number of aliphatic hydroxyl groups is 4. The van der Waals surface area contributed by atoms with Crippen molar-refractivity contribution >= 4 is 25.4 Å². The van der Waals surface area contributed by atoms with E-state index >= 15 is 0 Å². The standard InChI is InChI=1S/C9H20O4Si.C9H22O4Si.C7H18O5Si.3CH4/c1-10-14(3,11-2)6-4-5-12-7-9-8-13-9;1-12-14(2,3)6-4-5-13-8-9(11)7-10;1-13(10,11)4-2-3-12-6-7(9)5-8;;;/h9H,4-8H2,1-3H3;9-11H,4-8H2,1-3H3;7-11H,2-6H2,1H3;3*1H4. The summed E-state index contributed by atoms with van der Waals surface area (Å²) in [7, 11) is -1.07. The fourth-order valence-corrected chi connectivity index (χ4v) is 6.29. The third-order valence-corrected chi connectivity index (χ3v) is 13.0. The third kappa shape index (κ3) is 38.3. The Labute approximate surface area is 272 Å². The highest BCUT2D eigenvalue weighted by Crippen LogP contribution is 2.15. The lowest BCUT2D eigenvalue weighted by atomic mass is 10.4. The molecule has 1 aliphatic rings. The molecule has 1 fully saturated rings. The van der Waals surface area contributed by atoms with Crippen molar-refractivity contribution in [1.29, 1.82) is 0 Å². The lowest BCUT2D eigenvalue weighted by Crippen LogP contribution is -2.36. The maximum atomic E-state index is 9.02. The molecule has 13 nitrogen and oxygen atoms in total. The van der Waals surface area contributed by atoms with Gasteiger partial charge in [-0.1, -0.05) is 22.3 Å². The molecular formula is C28H72O13Si3. The predicted octanol–water partition coefficient (Wildman–Crippen LogP) is 2.47. The largest absolute Gasteiger partial charge is 0.420 e. The van der Waals surface area contributed by atoms with Crippen LogP contribution in [0.2, 0.25) is 44.3 Å². The van der Waals surface area contributed by atoms with E-state index in [9.17, 15) is 0 Å². The number of epoxide rings is 1. The molecule has 1 saturated heterocycles. The van der Waals surface area contributed by atoms with Gasteiger partial charge in [-0.3, -0.25) is 0 Å². The number of ether oxygens (including phenoxy) is 4. The zero-order valence-electron chi connectivity index (χ0n) is 26.4. The molecule has 1 heterocycles. The molecule has 0 spiro atoms. The van der Waals surface area contributed by atoms with Crippen LogP contribution in [-0.2, 0) is 32.2 Å². The van der Waals surface area contributed by atoms with Crippen LogP contribution in [0.3, 0.4) is 0 Å². The van der Waals surface area contributed by atoms with Crippen LogP contribution in [0.5, 0.6) is 0 Å². The molecule has 16 heteroatoms. The molecule has 0 aliphatic carbocycles. The summed E-state index contributed by atoms with van der Waals surface area (Å²) in [4.78, 5) is 18.0. The number of hydrogen-bond acceptors (Lipinski definition) is 13. The van der Waals surface area contributed by atoms with E-state index < -0.39 is 37.6 Å². The van der Waals surface area contributed by atoms with Crippen LogP contribution < -0.4 is 0 Å². The Morgan fingerprint density at radius 1 is 0.682 bits per heavy atom. The summed E-state index contributed by atoms with van der Waals surface area (Å²) in [6, 6.07) is 2.40. The van der Waals surface area contributed by atoms with Crippen LogP contribution in [-0.4, -0.2) is 155 Å². The van der Waals surface area contributed by atoms with E-state index in [0.29, 0.717) is 31.8 Å². The average Bonchev–Trinajstić information content (AvgIpc) is 3.76. The van der Waals surface area contributed by atoms with Crippen molar-refractivity contribution < 1.29 is 62.2 Å². The molecule has 3 atom stereocenters. The second-order valence-corrected chi connectivity index (χ2v) is 21.8. The van der Waals surface area contributed by atoms with Crippen LogP contribution >= 0.6 is 0 Å². The molecule has 0 saturated carbocycles. The van der Waals surface area contributed by atoms with Crippen molar-refractivity contribution in [2.75, 3.05) is 80.8 Å². The Hall–Kier alpha value is 0.131. The Bertz CT molecular complexity index is 579. The highest BCUT2D eigenvalue weighted by atomic mass is 28.4. The Kier molecular flexibility index (Phi) is 38.6. The van der Waals surface area contributed by atoms with E-state index in [1.54, 1.807) is 21.3 Å². The molecule has 0 aromatic rings. The van der Waals surface area contributed by atoms with Crippen LogP contribution in [0.15, 0.2) is 0 Å². The lowest BCUT2D eigenvalue weighted by molar-refractivity contribution is 0.00622. The topological polar surface area (TPSA) is 189 Å². The zero-order valence-corrected chi connectivity index (χ0v) is 29.4. The first-order valence-electron chi connectivity index (χ1n) is 14.2. The first-order chi connectivity index (χ1) is 19.2. The van der Waals surface area contributed by atoms with Crippen molar-refractivity contribution in [2.24, 2.45) is 0 Å². The minimum atomic E-state index is -2.93. The molecule has 44 heavy (non-hydrogen) atoms. The first-order valence-corrected chi connectivity index (χ1v) is 22.4. The summed E-state index contributed by atoms with van der Waals surface area (Å²) in [5, 5.41) is 34.8. The molecule has 0 aromatic heterocycles. The van der Waals surface area contributed by atoms with Crippen molar-refractivity contribution in [3.63, 3.8) is 0 Å². The summed E-state index contributed by atoms with van der Waals surface area (Å²) in [6.07, 6.45) is 1.29. The maximum Gasteiger partial charge on any atom is 0.334 e. The highest BCUT2D eigenvalue weighted by Gasteiger charge is 2.28. The van der Waals surface area contributed by atoms with Gasteiger partial charge < -0.3 is 62.2 Å². The molecule has 1 aliphatic heterocycles. The molecule has 274 valence electrons. The van der Waals surface area contributed by atoms with E-state index in [1.165, 1.54) is 6.55 Å². The van der Waals surface area contributed by atoms with Gasteiger partial charge >= 0.3 is 17.1 Å². The summed E-state index contributed by atoms with van der Waals surface area (Å²) < 4.78 is 36.7. The van der Waals surface area contributed by atoms with Crippen LogP contribution in [0.25, 0.3) is 0 Å². The van der Waals surface area contributed by atoms with Gasteiger partial charge in [-0.25, -0.2) is 0 Å². The predicted molar refractivity (Wildman–Crippen MR) is 183 cm³/mol. The second kappa shape index (κ2) is 31.7. The molecule has 6 N–H and O–H groups in total. The normalized spacial score (nSPS) is 15.6. The Morgan fingerprint density at radius 3 is 1.45 bits per heavy atom. The van der Waals surface area contributed by atoms with Crippen molar-refractivity contribution in [2.45, 2.75) is 104 Å².